The van der Waals surface area contributed by atoms with Gasteiger partial charge in [-0.05, 0) is 30.9 Å². The molecule has 0 aromatic carbocycles. The number of likely N-dealkylation sites (tertiary alicyclic amines) is 1. The van der Waals surface area contributed by atoms with Crippen molar-refractivity contribution in [2.24, 2.45) is 5.92 Å². The molecule has 124 valence electrons. The van der Waals surface area contributed by atoms with Gasteiger partial charge in [0, 0.05) is 19.2 Å². The number of rotatable bonds is 4. The second-order valence-electron chi connectivity index (χ2n) is 6.52. The normalized spacial score (nSPS) is 24.9. The highest BCUT2D eigenvalue weighted by Crippen LogP contribution is 2.48. The van der Waals surface area contributed by atoms with Gasteiger partial charge in [-0.25, -0.2) is 9.78 Å². The molecule has 7 nitrogen and oxygen atoms in total. The molecule has 7 heteroatoms. The van der Waals surface area contributed by atoms with Crippen LogP contribution in [0.2, 0.25) is 0 Å². The Morgan fingerprint density at radius 3 is 2.79 bits per heavy atom. The van der Waals surface area contributed by atoms with Crippen molar-refractivity contribution in [3.05, 3.63) is 35.9 Å². The Labute approximate surface area is 137 Å². The number of piperidine rings is 1. The Morgan fingerprint density at radius 1 is 1.29 bits per heavy atom. The van der Waals surface area contributed by atoms with Crippen LogP contribution in [0.4, 0.5) is 0 Å². The smallest absolute Gasteiger partial charge is 0.326 e. The maximum absolute atomic E-state index is 12.7. The molecule has 2 aromatic heterocycles. The molecule has 1 N–H and O–H groups in total. The second-order valence-corrected chi connectivity index (χ2v) is 6.52. The van der Waals surface area contributed by atoms with E-state index in [1.165, 1.54) is 11.8 Å². The van der Waals surface area contributed by atoms with Crippen molar-refractivity contribution in [1.29, 1.82) is 0 Å². The first-order valence-corrected chi connectivity index (χ1v) is 7.98. The van der Waals surface area contributed by atoms with Crippen LogP contribution in [0.15, 0.2) is 24.4 Å². The number of hydrogen-bond acceptors (Lipinski definition) is 4. The molecule has 2 fully saturated rings. The lowest BCUT2D eigenvalue weighted by atomic mass is 10.1. The molecular formula is C17H17N3O4. The fourth-order valence-electron chi connectivity index (χ4n) is 3.75. The molecule has 2 aromatic rings. The van der Waals surface area contributed by atoms with Crippen LogP contribution in [0.5, 0.6) is 0 Å². The van der Waals surface area contributed by atoms with Crippen LogP contribution in [0, 0.1) is 5.92 Å². The predicted molar refractivity (Wildman–Crippen MR) is 83.7 cm³/mol. The number of fused-ring (bicyclic) bond motifs is 2. The molecule has 4 rings (SSSR count). The molecule has 1 saturated heterocycles. The van der Waals surface area contributed by atoms with Crippen molar-refractivity contribution in [2.75, 3.05) is 0 Å². The highest BCUT2D eigenvalue weighted by atomic mass is 16.4. The van der Waals surface area contributed by atoms with Gasteiger partial charge in [-0.3, -0.25) is 9.59 Å². The van der Waals surface area contributed by atoms with E-state index in [4.69, 9.17) is 0 Å². The predicted octanol–water partition coefficient (Wildman–Crippen LogP) is 1.15. The molecular weight excluding hydrogens is 310 g/mol. The number of hydrogen-bond donors (Lipinski definition) is 1. The molecule has 0 radical (unpaired) electrons. The van der Waals surface area contributed by atoms with Gasteiger partial charge < -0.3 is 14.4 Å². The number of amides is 1. The van der Waals surface area contributed by atoms with Gasteiger partial charge in [-0.1, -0.05) is 6.07 Å². The summed E-state index contributed by atoms with van der Waals surface area (Å²) in [6.45, 7) is 1.44. The number of carboxylic acids is 1. The standard InChI is InChI=1S/C17H17N3O4/c1-9(21)16-11-4-2-3-5-19(11)14(18-16)8-15(22)20-12-6-10(12)7-13(20)17(23)24/h2-5,10,12-13H,6-8H2,1H3,(H,23,24)/t10-,12-,13+/m1/s1. The third kappa shape index (κ3) is 2.19. The first-order chi connectivity index (χ1) is 11.5. The van der Waals surface area contributed by atoms with E-state index >= 15 is 0 Å². The van der Waals surface area contributed by atoms with E-state index < -0.39 is 12.0 Å². The number of carboxylic acid groups (broad SMARTS) is 1. The molecule has 0 bridgehead atoms. The van der Waals surface area contributed by atoms with Gasteiger partial charge in [-0.2, -0.15) is 0 Å². The number of imidazole rings is 1. The van der Waals surface area contributed by atoms with Crippen molar-refractivity contribution in [1.82, 2.24) is 14.3 Å². The summed E-state index contributed by atoms with van der Waals surface area (Å²) in [6.07, 6.45) is 3.17. The molecule has 3 atom stereocenters. The number of aromatic nitrogens is 2. The molecule has 0 unspecified atom stereocenters. The maximum atomic E-state index is 12.7. The van der Waals surface area contributed by atoms with Crippen LogP contribution in [0.3, 0.4) is 0 Å². The quantitative estimate of drug-likeness (QED) is 0.851. The van der Waals surface area contributed by atoms with Crippen LogP contribution in [-0.4, -0.2) is 49.1 Å². The molecule has 24 heavy (non-hydrogen) atoms. The molecule has 2 aliphatic rings. The lowest BCUT2D eigenvalue weighted by molar-refractivity contribution is -0.149. The monoisotopic (exact) mass is 327 g/mol. The molecule has 0 spiro atoms. The van der Waals surface area contributed by atoms with Gasteiger partial charge in [0.25, 0.3) is 0 Å². The van der Waals surface area contributed by atoms with Crippen molar-refractivity contribution in [2.45, 2.75) is 38.3 Å². The van der Waals surface area contributed by atoms with E-state index in [9.17, 15) is 19.5 Å². The fraction of sp³-hybridized carbons (Fsp3) is 0.412. The number of carbonyl (C=O) groups excluding carboxylic acids is 2. The average Bonchev–Trinajstić information content (AvgIpc) is 3.04. The summed E-state index contributed by atoms with van der Waals surface area (Å²) < 4.78 is 1.73. The minimum atomic E-state index is -0.951. The maximum Gasteiger partial charge on any atom is 0.326 e. The zero-order valence-corrected chi connectivity index (χ0v) is 13.2. The number of pyridine rings is 1. The minimum absolute atomic E-state index is 0.00847. The third-order valence-electron chi connectivity index (χ3n) is 4.94. The summed E-state index contributed by atoms with van der Waals surface area (Å²) >= 11 is 0. The molecule has 1 saturated carbocycles. The first kappa shape index (κ1) is 14.9. The number of ketones is 1. The highest BCUT2D eigenvalue weighted by Gasteiger charge is 2.56. The lowest BCUT2D eigenvalue weighted by Gasteiger charge is -2.24. The summed E-state index contributed by atoms with van der Waals surface area (Å²) in [6, 6.07) is 4.71. The van der Waals surface area contributed by atoms with E-state index in [1.807, 2.05) is 6.07 Å². The van der Waals surface area contributed by atoms with E-state index in [0.29, 0.717) is 29.4 Å². The van der Waals surface area contributed by atoms with Gasteiger partial charge in [0.05, 0.1) is 11.9 Å². The Hall–Kier alpha value is -2.70. The number of Topliss-reactive ketones (excluding diaryl/α,β-unsaturated/α-hetero) is 1. The Balaban J connectivity index is 1.66. The van der Waals surface area contributed by atoms with E-state index in [1.54, 1.807) is 22.7 Å². The average molecular weight is 327 g/mol. The molecule has 3 heterocycles. The van der Waals surface area contributed by atoms with Crippen LogP contribution in [-0.2, 0) is 16.0 Å². The van der Waals surface area contributed by atoms with Crippen molar-refractivity contribution in [3.8, 4) is 0 Å². The van der Waals surface area contributed by atoms with Gasteiger partial charge >= 0.3 is 5.97 Å². The van der Waals surface area contributed by atoms with Gasteiger partial charge in [0.15, 0.2) is 5.78 Å². The van der Waals surface area contributed by atoms with E-state index in [-0.39, 0.29) is 24.2 Å². The third-order valence-corrected chi connectivity index (χ3v) is 4.94. The summed E-state index contributed by atoms with van der Waals surface area (Å²) in [5.41, 5.74) is 0.993. The number of carbonyl (C=O) groups is 3. The molecule has 1 aliphatic carbocycles. The van der Waals surface area contributed by atoms with Gasteiger partial charge in [0.2, 0.25) is 5.91 Å². The number of nitrogens with zero attached hydrogens (tertiary/aromatic N) is 3. The van der Waals surface area contributed by atoms with Crippen LogP contribution >= 0.6 is 0 Å². The Morgan fingerprint density at radius 2 is 2.08 bits per heavy atom. The lowest BCUT2D eigenvalue weighted by Crippen LogP contribution is -2.44. The minimum Gasteiger partial charge on any atom is -0.480 e. The van der Waals surface area contributed by atoms with Gasteiger partial charge in [-0.15, -0.1) is 0 Å². The van der Waals surface area contributed by atoms with Crippen LogP contribution in [0.1, 0.15) is 36.1 Å². The van der Waals surface area contributed by atoms with Gasteiger partial charge in [0.1, 0.15) is 17.6 Å². The summed E-state index contributed by atoms with van der Waals surface area (Å²) in [5, 5.41) is 9.33. The van der Waals surface area contributed by atoms with Crippen molar-refractivity contribution >= 4 is 23.2 Å². The zero-order chi connectivity index (χ0) is 17.0. The van der Waals surface area contributed by atoms with Crippen LogP contribution < -0.4 is 0 Å². The first-order valence-electron chi connectivity index (χ1n) is 7.98. The van der Waals surface area contributed by atoms with Crippen molar-refractivity contribution < 1.29 is 19.5 Å². The molecule has 1 amide bonds. The number of aliphatic carboxylic acids is 1. The van der Waals surface area contributed by atoms with Crippen LogP contribution in [0.25, 0.3) is 5.52 Å². The van der Waals surface area contributed by atoms with E-state index in [2.05, 4.69) is 4.98 Å². The fourth-order valence-corrected chi connectivity index (χ4v) is 3.75. The summed E-state index contributed by atoms with van der Waals surface area (Å²) in [4.78, 5) is 41.7. The summed E-state index contributed by atoms with van der Waals surface area (Å²) in [5.74, 6) is -0.565. The Bertz CT molecular complexity index is 872. The van der Waals surface area contributed by atoms with E-state index in [0.717, 1.165) is 6.42 Å². The second kappa shape index (κ2) is 5.15. The Kier molecular flexibility index (Phi) is 3.19. The zero-order valence-electron chi connectivity index (χ0n) is 13.2. The largest absolute Gasteiger partial charge is 0.480 e. The SMILES string of the molecule is CC(=O)c1nc(CC(=O)N2[C@@H]3C[C@@H]3C[C@H]2C(=O)O)n2ccccc12. The highest BCUT2D eigenvalue weighted by molar-refractivity contribution is 5.99. The summed E-state index contributed by atoms with van der Waals surface area (Å²) in [7, 11) is 0. The van der Waals surface area contributed by atoms with Crippen molar-refractivity contribution in [3.63, 3.8) is 0 Å². The topological polar surface area (TPSA) is 92.0 Å². The molecule has 1 aliphatic heterocycles.